The van der Waals surface area contributed by atoms with Gasteiger partial charge in [-0.15, -0.1) is 0 Å². The molecule has 4 aromatic heterocycles. The van der Waals surface area contributed by atoms with E-state index in [4.69, 9.17) is 0 Å². The van der Waals surface area contributed by atoms with E-state index in [1.807, 2.05) is 12.3 Å². The molecule has 0 aliphatic carbocycles. The number of H-pyrrole nitrogens is 2. The third-order valence-electron chi connectivity index (χ3n) is 6.00. The SMILES string of the molecule is c1cc2[nH]c(-c3n[nH]c4ccc(C5CCNCC5)cc34)cc2c(-c2ccsc2)n1. The maximum atomic E-state index is 4.65. The molecule has 5 nitrogen and oxygen atoms in total. The van der Waals surface area contributed by atoms with Crippen molar-refractivity contribution in [3.8, 4) is 22.6 Å². The lowest BCUT2D eigenvalue weighted by atomic mass is 9.89. The van der Waals surface area contributed by atoms with Crippen molar-refractivity contribution in [1.82, 2.24) is 25.5 Å². The Morgan fingerprint density at radius 1 is 0.931 bits per heavy atom. The number of fused-ring (bicyclic) bond motifs is 2. The molecule has 1 fully saturated rings. The molecule has 1 saturated heterocycles. The first-order valence-electron chi connectivity index (χ1n) is 10.1. The number of aromatic amines is 2. The normalized spacial score (nSPS) is 15.4. The summed E-state index contributed by atoms with van der Waals surface area (Å²) < 4.78 is 0. The number of thiophene rings is 1. The molecule has 0 amide bonds. The molecule has 3 N–H and O–H groups in total. The number of benzene rings is 1. The van der Waals surface area contributed by atoms with E-state index in [1.54, 1.807) is 11.3 Å². The van der Waals surface area contributed by atoms with Crippen molar-refractivity contribution >= 4 is 33.1 Å². The zero-order valence-electron chi connectivity index (χ0n) is 15.9. The van der Waals surface area contributed by atoms with Gasteiger partial charge in [0, 0.05) is 33.4 Å². The Hall–Kier alpha value is -2.96. The second kappa shape index (κ2) is 6.83. The highest BCUT2D eigenvalue weighted by Crippen LogP contribution is 2.35. The van der Waals surface area contributed by atoms with Crippen LogP contribution in [0, 0.1) is 0 Å². The van der Waals surface area contributed by atoms with Gasteiger partial charge in [0.1, 0.15) is 5.69 Å². The van der Waals surface area contributed by atoms with Crippen LogP contribution in [0.1, 0.15) is 24.3 Å². The summed E-state index contributed by atoms with van der Waals surface area (Å²) in [5.41, 5.74) is 7.75. The van der Waals surface area contributed by atoms with E-state index in [0.29, 0.717) is 5.92 Å². The van der Waals surface area contributed by atoms with Gasteiger partial charge < -0.3 is 10.3 Å². The summed E-state index contributed by atoms with van der Waals surface area (Å²) in [4.78, 5) is 8.20. The van der Waals surface area contributed by atoms with Crippen LogP contribution in [0.15, 0.2) is 53.4 Å². The number of nitrogens with one attached hydrogen (secondary N) is 3. The van der Waals surface area contributed by atoms with Gasteiger partial charge in [0.25, 0.3) is 0 Å². The van der Waals surface area contributed by atoms with Crippen molar-refractivity contribution in [2.45, 2.75) is 18.8 Å². The lowest BCUT2D eigenvalue weighted by Crippen LogP contribution is -2.26. The summed E-state index contributed by atoms with van der Waals surface area (Å²) in [5.74, 6) is 0.625. The third kappa shape index (κ3) is 2.87. The number of pyridine rings is 1. The van der Waals surface area contributed by atoms with Gasteiger partial charge >= 0.3 is 0 Å². The van der Waals surface area contributed by atoms with E-state index in [1.165, 1.54) is 23.8 Å². The number of aromatic nitrogens is 4. The molecule has 0 bridgehead atoms. The number of nitrogens with zero attached hydrogens (tertiary/aromatic N) is 2. The molecular formula is C23H21N5S. The van der Waals surface area contributed by atoms with Crippen LogP contribution in [0.3, 0.4) is 0 Å². The van der Waals surface area contributed by atoms with E-state index in [2.05, 4.69) is 66.6 Å². The fraction of sp³-hybridized carbons (Fsp3) is 0.217. The molecule has 0 atom stereocenters. The van der Waals surface area contributed by atoms with Gasteiger partial charge in [-0.25, -0.2) is 0 Å². The highest BCUT2D eigenvalue weighted by molar-refractivity contribution is 7.08. The Morgan fingerprint density at radius 3 is 2.69 bits per heavy atom. The summed E-state index contributed by atoms with van der Waals surface area (Å²) in [6.45, 7) is 2.20. The molecule has 6 rings (SSSR count). The van der Waals surface area contributed by atoms with Crippen molar-refractivity contribution in [3.05, 3.63) is 58.9 Å². The summed E-state index contributed by atoms with van der Waals surface area (Å²) in [5, 5.41) is 17.9. The highest BCUT2D eigenvalue weighted by atomic mass is 32.1. The second-order valence-electron chi connectivity index (χ2n) is 7.72. The summed E-state index contributed by atoms with van der Waals surface area (Å²) in [6, 6.07) is 13.1. The monoisotopic (exact) mass is 399 g/mol. The van der Waals surface area contributed by atoms with Crippen molar-refractivity contribution in [2.24, 2.45) is 0 Å². The average molecular weight is 400 g/mol. The zero-order chi connectivity index (χ0) is 19.2. The first kappa shape index (κ1) is 16.9. The minimum absolute atomic E-state index is 0.625. The van der Waals surface area contributed by atoms with E-state index in [0.717, 1.165) is 52.2 Å². The maximum Gasteiger partial charge on any atom is 0.116 e. The molecule has 29 heavy (non-hydrogen) atoms. The van der Waals surface area contributed by atoms with E-state index >= 15 is 0 Å². The summed E-state index contributed by atoms with van der Waals surface area (Å²) >= 11 is 1.69. The fourth-order valence-electron chi connectivity index (χ4n) is 4.46. The van der Waals surface area contributed by atoms with E-state index < -0.39 is 0 Å². The Labute approximate surface area is 172 Å². The topological polar surface area (TPSA) is 69.4 Å². The molecule has 0 unspecified atom stereocenters. The zero-order valence-corrected chi connectivity index (χ0v) is 16.7. The molecule has 0 saturated carbocycles. The molecular weight excluding hydrogens is 378 g/mol. The second-order valence-corrected chi connectivity index (χ2v) is 8.50. The Balaban J connectivity index is 1.48. The minimum atomic E-state index is 0.625. The van der Waals surface area contributed by atoms with Crippen molar-refractivity contribution < 1.29 is 0 Å². The van der Waals surface area contributed by atoms with E-state index in [-0.39, 0.29) is 0 Å². The van der Waals surface area contributed by atoms with E-state index in [9.17, 15) is 0 Å². The van der Waals surface area contributed by atoms with Gasteiger partial charge in [-0.2, -0.15) is 16.4 Å². The van der Waals surface area contributed by atoms with Crippen LogP contribution >= 0.6 is 11.3 Å². The maximum absolute atomic E-state index is 4.65. The predicted octanol–water partition coefficient (Wildman–Crippen LogP) is 5.30. The fourth-order valence-corrected chi connectivity index (χ4v) is 5.10. The van der Waals surface area contributed by atoms with Gasteiger partial charge in [-0.05, 0) is 73.1 Å². The molecule has 0 radical (unpaired) electrons. The van der Waals surface area contributed by atoms with Gasteiger partial charge in [-0.3, -0.25) is 10.1 Å². The molecule has 1 aliphatic rings. The molecule has 6 heteroatoms. The van der Waals surface area contributed by atoms with Crippen LogP contribution in [0.5, 0.6) is 0 Å². The molecule has 1 aromatic carbocycles. The van der Waals surface area contributed by atoms with Crippen LogP contribution in [0.2, 0.25) is 0 Å². The number of hydrogen-bond donors (Lipinski definition) is 3. The van der Waals surface area contributed by atoms with Gasteiger partial charge in [0.15, 0.2) is 0 Å². The quantitative estimate of drug-likeness (QED) is 0.385. The van der Waals surface area contributed by atoms with Crippen molar-refractivity contribution in [2.75, 3.05) is 13.1 Å². The molecule has 5 heterocycles. The van der Waals surface area contributed by atoms with Crippen LogP contribution in [-0.4, -0.2) is 33.3 Å². The lowest BCUT2D eigenvalue weighted by Gasteiger charge is -2.23. The highest BCUT2D eigenvalue weighted by Gasteiger charge is 2.18. The largest absolute Gasteiger partial charge is 0.353 e. The lowest BCUT2D eigenvalue weighted by molar-refractivity contribution is 0.460. The average Bonchev–Trinajstić information content (AvgIpc) is 3.52. The third-order valence-corrected chi connectivity index (χ3v) is 6.68. The van der Waals surface area contributed by atoms with Crippen LogP contribution < -0.4 is 5.32 Å². The molecule has 0 spiro atoms. The van der Waals surface area contributed by atoms with Crippen molar-refractivity contribution in [3.63, 3.8) is 0 Å². The van der Waals surface area contributed by atoms with Crippen LogP contribution in [-0.2, 0) is 0 Å². The van der Waals surface area contributed by atoms with Crippen LogP contribution in [0.4, 0.5) is 0 Å². The predicted molar refractivity (Wildman–Crippen MR) is 119 cm³/mol. The number of hydrogen-bond acceptors (Lipinski definition) is 4. The smallest absolute Gasteiger partial charge is 0.116 e. The molecule has 5 aromatic rings. The molecule has 144 valence electrons. The molecule has 1 aliphatic heterocycles. The minimum Gasteiger partial charge on any atom is -0.353 e. The first-order valence-corrected chi connectivity index (χ1v) is 11.0. The van der Waals surface area contributed by atoms with Gasteiger partial charge in [0.2, 0.25) is 0 Å². The number of rotatable bonds is 3. The van der Waals surface area contributed by atoms with Gasteiger partial charge in [0.05, 0.1) is 16.9 Å². The van der Waals surface area contributed by atoms with Crippen molar-refractivity contribution in [1.29, 1.82) is 0 Å². The first-order chi connectivity index (χ1) is 14.4. The standard InChI is InChI=1S/C23H21N5S/c1-2-20-17(11-15(1)14-3-7-24-8-4-14)23(28-27-20)21-12-18-19(26-21)5-9-25-22(18)16-6-10-29-13-16/h1-2,5-6,9-14,24,26H,3-4,7-8H2,(H,27,28). The summed E-state index contributed by atoms with van der Waals surface area (Å²) in [7, 11) is 0. The Bertz CT molecular complexity index is 1290. The Kier molecular flexibility index (Phi) is 3.99. The van der Waals surface area contributed by atoms with Gasteiger partial charge in [-0.1, -0.05) is 6.07 Å². The Morgan fingerprint density at radius 2 is 1.83 bits per heavy atom. The summed E-state index contributed by atoms with van der Waals surface area (Å²) in [6.07, 6.45) is 4.26. The number of piperidine rings is 1. The van der Waals surface area contributed by atoms with Crippen LogP contribution in [0.25, 0.3) is 44.5 Å².